The van der Waals surface area contributed by atoms with Crippen molar-refractivity contribution in [2.24, 2.45) is 0 Å². The maximum Gasteiger partial charge on any atom is 0.269 e. The minimum absolute atomic E-state index is 0.00768. The molecule has 1 saturated heterocycles. The predicted molar refractivity (Wildman–Crippen MR) is 71.1 cm³/mol. The zero-order valence-corrected chi connectivity index (χ0v) is 10.6. The van der Waals surface area contributed by atoms with Crippen LogP contribution in [0.15, 0.2) is 24.3 Å². The number of non-ortho nitro benzene ring substituents is 1. The third-order valence-electron chi connectivity index (χ3n) is 3.28. The van der Waals surface area contributed by atoms with Crippen LogP contribution < -0.4 is 10.6 Å². The van der Waals surface area contributed by atoms with Crippen molar-refractivity contribution in [3.05, 3.63) is 39.9 Å². The van der Waals surface area contributed by atoms with Crippen molar-refractivity contribution in [3.63, 3.8) is 0 Å². The van der Waals surface area contributed by atoms with Crippen molar-refractivity contribution in [1.29, 1.82) is 0 Å². The fourth-order valence-electron chi connectivity index (χ4n) is 2.20. The molecule has 1 aliphatic heterocycles. The molecule has 0 saturated carbocycles. The number of amides is 1. The second-order valence-electron chi connectivity index (χ2n) is 4.64. The first-order valence-corrected chi connectivity index (χ1v) is 6.43. The van der Waals surface area contributed by atoms with Crippen LogP contribution in [0.25, 0.3) is 0 Å². The van der Waals surface area contributed by atoms with Crippen LogP contribution >= 0.6 is 0 Å². The van der Waals surface area contributed by atoms with E-state index in [1.807, 2.05) is 0 Å². The molecule has 19 heavy (non-hydrogen) atoms. The lowest BCUT2D eigenvalue weighted by molar-refractivity contribution is -0.384. The Morgan fingerprint density at radius 2 is 2.16 bits per heavy atom. The second kappa shape index (κ2) is 6.29. The van der Waals surface area contributed by atoms with Crippen molar-refractivity contribution < 1.29 is 9.72 Å². The van der Waals surface area contributed by atoms with E-state index in [-0.39, 0.29) is 11.6 Å². The number of nitro benzene ring substituents is 1. The molecule has 102 valence electrons. The van der Waals surface area contributed by atoms with Crippen LogP contribution in [-0.2, 0) is 0 Å². The van der Waals surface area contributed by atoms with Gasteiger partial charge in [-0.05, 0) is 37.9 Å². The van der Waals surface area contributed by atoms with Gasteiger partial charge in [0.2, 0.25) is 0 Å². The SMILES string of the molecule is O=C(NCC[C@@H]1CCCN1)c1ccc([N+](=O)[O-])cc1. The predicted octanol–water partition coefficient (Wildman–Crippen LogP) is 1.47. The molecule has 1 atom stereocenters. The van der Waals surface area contributed by atoms with Crippen LogP contribution in [0, 0.1) is 10.1 Å². The fourth-order valence-corrected chi connectivity index (χ4v) is 2.20. The van der Waals surface area contributed by atoms with Gasteiger partial charge in [0, 0.05) is 30.3 Å². The second-order valence-corrected chi connectivity index (χ2v) is 4.64. The van der Waals surface area contributed by atoms with E-state index >= 15 is 0 Å². The number of carbonyl (C=O) groups is 1. The number of rotatable bonds is 5. The first kappa shape index (κ1) is 13.5. The van der Waals surface area contributed by atoms with Gasteiger partial charge in [-0.1, -0.05) is 0 Å². The minimum Gasteiger partial charge on any atom is -0.352 e. The third-order valence-corrected chi connectivity index (χ3v) is 3.28. The summed E-state index contributed by atoms with van der Waals surface area (Å²) >= 11 is 0. The topological polar surface area (TPSA) is 84.3 Å². The van der Waals surface area contributed by atoms with Gasteiger partial charge in [-0.15, -0.1) is 0 Å². The Balaban J connectivity index is 1.80. The molecule has 1 heterocycles. The Kier molecular flexibility index (Phi) is 4.46. The average molecular weight is 263 g/mol. The molecule has 1 aromatic rings. The fraction of sp³-hybridized carbons (Fsp3) is 0.462. The molecule has 1 fully saturated rings. The monoisotopic (exact) mass is 263 g/mol. The van der Waals surface area contributed by atoms with E-state index in [2.05, 4.69) is 10.6 Å². The highest BCUT2D eigenvalue weighted by atomic mass is 16.6. The van der Waals surface area contributed by atoms with Gasteiger partial charge in [0.15, 0.2) is 0 Å². The Labute approximate surface area is 111 Å². The number of nitrogens with zero attached hydrogens (tertiary/aromatic N) is 1. The molecule has 2 rings (SSSR count). The molecule has 0 unspecified atom stereocenters. The van der Waals surface area contributed by atoms with Gasteiger partial charge in [-0.2, -0.15) is 0 Å². The molecule has 1 amide bonds. The zero-order valence-electron chi connectivity index (χ0n) is 10.6. The van der Waals surface area contributed by atoms with Gasteiger partial charge >= 0.3 is 0 Å². The zero-order chi connectivity index (χ0) is 13.7. The van der Waals surface area contributed by atoms with Crippen molar-refractivity contribution in [3.8, 4) is 0 Å². The summed E-state index contributed by atoms with van der Waals surface area (Å²) in [5.74, 6) is -0.187. The lowest BCUT2D eigenvalue weighted by atomic mass is 10.1. The number of nitrogens with one attached hydrogen (secondary N) is 2. The van der Waals surface area contributed by atoms with Gasteiger partial charge in [-0.25, -0.2) is 0 Å². The van der Waals surface area contributed by atoms with Gasteiger partial charge in [0.25, 0.3) is 11.6 Å². The minimum atomic E-state index is -0.479. The Hall–Kier alpha value is -1.95. The lowest BCUT2D eigenvalue weighted by Crippen LogP contribution is -2.30. The molecule has 0 aliphatic carbocycles. The van der Waals surface area contributed by atoms with Crippen molar-refractivity contribution in [1.82, 2.24) is 10.6 Å². The van der Waals surface area contributed by atoms with Crippen LogP contribution in [0.5, 0.6) is 0 Å². The molecule has 6 heteroatoms. The maximum absolute atomic E-state index is 11.8. The summed E-state index contributed by atoms with van der Waals surface area (Å²) in [6.45, 7) is 1.68. The number of benzene rings is 1. The molecular formula is C13H17N3O3. The largest absolute Gasteiger partial charge is 0.352 e. The van der Waals surface area contributed by atoms with Gasteiger partial charge in [0.1, 0.15) is 0 Å². The summed E-state index contributed by atoms with van der Waals surface area (Å²) in [5, 5.41) is 16.7. The highest BCUT2D eigenvalue weighted by molar-refractivity contribution is 5.94. The summed E-state index contributed by atoms with van der Waals surface area (Å²) < 4.78 is 0. The van der Waals surface area contributed by atoms with Crippen LogP contribution in [0.2, 0.25) is 0 Å². The first-order chi connectivity index (χ1) is 9.16. The van der Waals surface area contributed by atoms with Gasteiger partial charge in [0.05, 0.1) is 4.92 Å². The van der Waals surface area contributed by atoms with Crippen LogP contribution in [0.3, 0.4) is 0 Å². The molecule has 2 N–H and O–H groups in total. The molecule has 0 radical (unpaired) electrons. The summed E-state index contributed by atoms with van der Waals surface area (Å²) in [7, 11) is 0. The van der Waals surface area contributed by atoms with E-state index in [0.29, 0.717) is 18.2 Å². The summed E-state index contributed by atoms with van der Waals surface area (Å²) in [6.07, 6.45) is 3.27. The van der Waals surface area contributed by atoms with Gasteiger partial charge < -0.3 is 10.6 Å². The van der Waals surface area contributed by atoms with E-state index in [4.69, 9.17) is 0 Å². The molecule has 0 bridgehead atoms. The van der Waals surface area contributed by atoms with E-state index in [1.165, 1.54) is 30.7 Å². The summed E-state index contributed by atoms with van der Waals surface area (Å²) in [5.41, 5.74) is 0.441. The third kappa shape index (κ3) is 3.75. The highest BCUT2D eigenvalue weighted by Crippen LogP contribution is 2.12. The molecule has 0 spiro atoms. The van der Waals surface area contributed by atoms with E-state index < -0.39 is 4.92 Å². The molecular weight excluding hydrogens is 246 g/mol. The van der Waals surface area contributed by atoms with Crippen LogP contribution in [-0.4, -0.2) is 30.0 Å². The van der Waals surface area contributed by atoms with Crippen LogP contribution in [0.1, 0.15) is 29.6 Å². The van der Waals surface area contributed by atoms with Crippen LogP contribution in [0.4, 0.5) is 5.69 Å². The smallest absolute Gasteiger partial charge is 0.269 e. The normalized spacial score (nSPS) is 18.2. The van der Waals surface area contributed by atoms with Crippen molar-refractivity contribution in [2.45, 2.75) is 25.3 Å². The Morgan fingerprint density at radius 1 is 1.42 bits per heavy atom. The molecule has 6 nitrogen and oxygen atoms in total. The molecule has 0 aromatic heterocycles. The molecule has 1 aromatic carbocycles. The van der Waals surface area contributed by atoms with E-state index in [9.17, 15) is 14.9 Å². The number of nitro groups is 1. The average Bonchev–Trinajstić information content (AvgIpc) is 2.92. The standard InChI is InChI=1S/C13H17N3O3/c17-13(15-9-7-11-2-1-8-14-11)10-3-5-12(6-4-10)16(18)19/h3-6,11,14H,1-2,7-9H2,(H,15,17)/t11-/m0/s1. The Morgan fingerprint density at radius 3 is 2.74 bits per heavy atom. The highest BCUT2D eigenvalue weighted by Gasteiger charge is 2.14. The maximum atomic E-state index is 11.8. The quantitative estimate of drug-likeness (QED) is 0.622. The Bertz CT molecular complexity index is 453. The lowest BCUT2D eigenvalue weighted by Gasteiger charge is -2.10. The molecule has 1 aliphatic rings. The summed E-state index contributed by atoms with van der Waals surface area (Å²) in [4.78, 5) is 21.8. The van der Waals surface area contributed by atoms with Crippen molar-refractivity contribution >= 4 is 11.6 Å². The number of hydrogen-bond donors (Lipinski definition) is 2. The van der Waals surface area contributed by atoms with E-state index in [0.717, 1.165) is 19.4 Å². The number of carbonyl (C=O) groups excluding carboxylic acids is 1. The summed E-state index contributed by atoms with van der Waals surface area (Å²) in [6, 6.07) is 6.13. The van der Waals surface area contributed by atoms with Gasteiger partial charge in [-0.3, -0.25) is 14.9 Å². The first-order valence-electron chi connectivity index (χ1n) is 6.43. The van der Waals surface area contributed by atoms with E-state index in [1.54, 1.807) is 0 Å². The van der Waals surface area contributed by atoms with Crippen molar-refractivity contribution in [2.75, 3.05) is 13.1 Å². The number of hydrogen-bond acceptors (Lipinski definition) is 4.